The summed E-state index contributed by atoms with van der Waals surface area (Å²) in [5.74, 6) is -0.756. The van der Waals surface area contributed by atoms with Gasteiger partial charge in [0.25, 0.3) is 5.91 Å². The summed E-state index contributed by atoms with van der Waals surface area (Å²) in [7, 11) is 0. The summed E-state index contributed by atoms with van der Waals surface area (Å²) < 4.78 is 39.9. The zero-order valence-corrected chi connectivity index (χ0v) is 17.2. The van der Waals surface area contributed by atoms with E-state index in [1.165, 1.54) is 10.7 Å². The Kier molecular flexibility index (Phi) is 6.28. The molecule has 1 aliphatic rings. The van der Waals surface area contributed by atoms with Crippen molar-refractivity contribution < 1.29 is 18.0 Å². The third-order valence-corrected chi connectivity index (χ3v) is 5.13. The maximum atomic E-state index is 12.8. The van der Waals surface area contributed by atoms with Gasteiger partial charge in [-0.3, -0.25) is 4.79 Å². The van der Waals surface area contributed by atoms with Gasteiger partial charge in [0.1, 0.15) is 6.04 Å². The average Bonchev–Trinajstić information content (AvgIpc) is 3.06. The van der Waals surface area contributed by atoms with E-state index in [1.807, 2.05) is 18.3 Å². The van der Waals surface area contributed by atoms with Crippen LogP contribution in [0.3, 0.4) is 0 Å². The number of fused-ring (bicyclic) bond motifs is 1. The highest BCUT2D eigenvalue weighted by molar-refractivity contribution is 6.01. The van der Waals surface area contributed by atoms with Crippen LogP contribution >= 0.6 is 0 Å². The Morgan fingerprint density at radius 2 is 2.16 bits per heavy atom. The Bertz CT molecular complexity index is 1110. The second-order valence-electron chi connectivity index (χ2n) is 7.25. The number of guanidine groups is 1. The minimum absolute atomic E-state index is 0.0622. The number of aliphatic imine (C=N–C) groups is 2. The predicted molar refractivity (Wildman–Crippen MR) is 114 cm³/mol. The van der Waals surface area contributed by atoms with Crippen molar-refractivity contribution in [2.45, 2.75) is 45.3 Å². The smallest absolute Gasteiger partial charge is 0.368 e. The van der Waals surface area contributed by atoms with Gasteiger partial charge >= 0.3 is 6.18 Å². The maximum Gasteiger partial charge on any atom is 0.408 e. The highest BCUT2D eigenvalue weighted by atomic mass is 19.4. The molecule has 2 aromatic heterocycles. The summed E-state index contributed by atoms with van der Waals surface area (Å²) in [5, 5.41) is 6.06. The molecular formula is C21H23F3N6O. The van der Waals surface area contributed by atoms with Crippen LogP contribution in [-0.4, -0.2) is 40.4 Å². The average molecular weight is 432 g/mol. The molecule has 3 rings (SSSR count). The second-order valence-corrected chi connectivity index (χ2v) is 7.25. The number of allylic oxidation sites excluding steroid dienone is 4. The molecule has 0 fully saturated rings. The van der Waals surface area contributed by atoms with Gasteiger partial charge in [-0.2, -0.15) is 18.3 Å². The molecule has 0 spiro atoms. The fourth-order valence-electron chi connectivity index (χ4n) is 3.34. The van der Waals surface area contributed by atoms with Crippen LogP contribution in [0.25, 0.3) is 11.1 Å². The van der Waals surface area contributed by atoms with Crippen molar-refractivity contribution in [1.29, 1.82) is 0 Å². The van der Waals surface area contributed by atoms with Gasteiger partial charge in [-0.25, -0.2) is 14.5 Å². The zero-order valence-electron chi connectivity index (χ0n) is 17.2. The van der Waals surface area contributed by atoms with E-state index in [4.69, 9.17) is 5.73 Å². The third kappa shape index (κ3) is 4.84. The zero-order chi connectivity index (χ0) is 22.8. The van der Waals surface area contributed by atoms with Gasteiger partial charge < -0.3 is 11.1 Å². The molecule has 0 aromatic carbocycles. The minimum atomic E-state index is -4.53. The molecule has 0 bridgehead atoms. The van der Waals surface area contributed by atoms with E-state index in [9.17, 15) is 18.0 Å². The quantitative estimate of drug-likeness (QED) is 0.567. The highest BCUT2D eigenvalue weighted by Gasteiger charge is 2.37. The Labute approximate surface area is 177 Å². The fraction of sp³-hybridized carbons (Fsp3) is 0.333. The number of halogens is 3. The van der Waals surface area contributed by atoms with Gasteiger partial charge in [-0.05, 0) is 68.7 Å². The number of carbonyl (C=O) groups excluding carboxylic acids is 1. The molecule has 2 aromatic rings. The third-order valence-electron chi connectivity index (χ3n) is 5.13. The van der Waals surface area contributed by atoms with Crippen molar-refractivity contribution in [2.24, 2.45) is 15.7 Å². The molecule has 0 saturated carbocycles. The first kappa shape index (κ1) is 22.3. The Morgan fingerprint density at radius 3 is 2.84 bits per heavy atom. The van der Waals surface area contributed by atoms with Crippen LogP contribution in [0.15, 0.2) is 51.9 Å². The van der Waals surface area contributed by atoms with Crippen LogP contribution in [-0.2, 0) is 0 Å². The molecule has 0 radical (unpaired) electrons. The fourth-order valence-corrected chi connectivity index (χ4v) is 3.34. The number of alkyl halides is 3. The van der Waals surface area contributed by atoms with Crippen LogP contribution in [0.2, 0.25) is 0 Å². The van der Waals surface area contributed by atoms with Crippen LogP contribution in [0.5, 0.6) is 0 Å². The van der Waals surface area contributed by atoms with Crippen molar-refractivity contribution in [3.63, 3.8) is 0 Å². The molecule has 0 aliphatic heterocycles. The summed E-state index contributed by atoms with van der Waals surface area (Å²) in [4.78, 5) is 20.4. The van der Waals surface area contributed by atoms with E-state index in [0.717, 1.165) is 48.6 Å². The monoisotopic (exact) mass is 432 g/mol. The van der Waals surface area contributed by atoms with Crippen molar-refractivity contribution in [1.82, 2.24) is 14.9 Å². The number of amides is 1. The SMILES string of the molecule is C=NC(N)=NC1=C(C)C(c2ccn3ncc(C(=O)N[C@H](C)C(F)(F)F)c3c2)=CCCC1. The number of nitrogens with one attached hydrogen (secondary N) is 1. The van der Waals surface area contributed by atoms with Crippen molar-refractivity contribution in [3.8, 4) is 0 Å². The van der Waals surface area contributed by atoms with Crippen LogP contribution in [0, 0.1) is 0 Å². The first-order valence-electron chi connectivity index (χ1n) is 9.68. The topological polar surface area (TPSA) is 97.1 Å². The maximum absolute atomic E-state index is 12.8. The number of hydrogen-bond donors (Lipinski definition) is 2. The molecule has 1 atom stereocenters. The summed E-state index contributed by atoms with van der Waals surface area (Å²) in [6.45, 7) is 6.20. The summed E-state index contributed by atoms with van der Waals surface area (Å²) in [6.07, 6.45) is 2.87. The molecule has 7 nitrogen and oxygen atoms in total. The van der Waals surface area contributed by atoms with Crippen molar-refractivity contribution in [2.75, 3.05) is 0 Å². The lowest BCUT2D eigenvalue weighted by Crippen LogP contribution is -2.43. The number of nitrogens with two attached hydrogens (primary N) is 1. The van der Waals surface area contributed by atoms with Gasteiger partial charge in [-0.15, -0.1) is 0 Å². The first-order valence-corrected chi connectivity index (χ1v) is 9.68. The summed E-state index contributed by atoms with van der Waals surface area (Å²) in [6, 6.07) is 1.59. The predicted octanol–water partition coefficient (Wildman–Crippen LogP) is 3.87. The number of nitrogens with zero attached hydrogens (tertiary/aromatic N) is 4. The molecule has 0 unspecified atom stereocenters. The number of hydrogen-bond acceptors (Lipinski definition) is 3. The highest BCUT2D eigenvalue weighted by Crippen LogP contribution is 2.33. The lowest BCUT2D eigenvalue weighted by Gasteiger charge is -2.16. The van der Waals surface area contributed by atoms with E-state index in [2.05, 4.69) is 27.9 Å². The van der Waals surface area contributed by atoms with E-state index >= 15 is 0 Å². The van der Waals surface area contributed by atoms with E-state index < -0.39 is 18.1 Å². The molecule has 1 aliphatic carbocycles. The van der Waals surface area contributed by atoms with E-state index in [-0.39, 0.29) is 11.5 Å². The van der Waals surface area contributed by atoms with Crippen molar-refractivity contribution >= 4 is 29.7 Å². The molecular weight excluding hydrogens is 409 g/mol. The van der Waals surface area contributed by atoms with Crippen molar-refractivity contribution in [3.05, 3.63) is 53.0 Å². The molecule has 164 valence electrons. The largest absolute Gasteiger partial charge is 0.408 e. The normalized spacial score (nSPS) is 16.7. The standard InChI is InChI=1S/C21H23F3N6O/c1-12-15(6-4-5-7-17(12)29-20(25)26-3)14-8-9-30-18(10-14)16(11-27-30)19(31)28-13(2)21(22,23)24/h6,8-11,13H,3-5,7H2,1-2H3,(H2,25,29)(H,28,31)/t13-/m1/s1. The second kappa shape index (κ2) is 8.75. The Hall–Kier alpha value is -3.43. The molecule has 0 saturated heterocycles. The van der Waals surface area contributed by atoms with Gasteiger partial charge in [0.2, 0.25) is 5.96 Å². The molecule has 3 N–H and O–H groups in total. The van der Waals surface area contributed by atoms with Gasteiger partial charge in [0, 0.05) is 11.9 Å². The number of rotatable bonds is 4. The Morgan fingerprint density at radius 1 is 1.42 bits per heavy atom. The molecule has 1 amide bonds. The van der Waals surface area contributed by atoms with E-state index in [0.29, 0.717) is 5.52 Å². The first-order chi connectivity index (χ1) is 14.6. The molecule has 10 heteroatoms. The summed E-state index contributed by atoms with van der Waals surface area (Å²) in [5.41, 5.74) is 9.58. The number of pyridine rings is 1. The van der Waals surface area contributed by atoms with Gasteiger partial charge in [0.05, 0.1) is 17.3 Å². The van der Waals surface area contributed by atoms with Crippen LogP contribution in [0.1, 0.15) is 49.0 Å². The lowest BCUT2D eigenvalue weighted by molar-refractivity contribution is -0.149. The lowest BCUT2D eigenvalue weighted by atomic mass is 9.97. The van der Waals surface area contributed by atoms with E-state index in [1.54, 1.807) is 12.3 Å². The number of carbonyl (C=O) groups is 1. The van der Waals surface area contributed by atoms with Gasteiger partial charge in [-0.1, -0.05) is 6.08 Å². The minimum Gasteiger partial charge on any atom is -0.368 e. The molecule has 31 heavy (non-hydrogen) atoms. The van der Waals surface area contributed by atoms with Crippen LogP contribution < -0.4 is 11.1 Å². The Balaban J connectivity index is 2.01. The van der Waals surface area contributed by atoms with Crippen LogP contribution in [0.4, 0.5) is 13.2 Å². The summed E-state index contributed by atoms with van der Waals surface area (Å²) >= 11 is 0. The molecule has 2 heterocycles. The number of aromatic nitrogens is 2. The van der Waals surface area contributed by atoms with Gasteiger partial charge in [0.15, 0.2) is 0 Å².